The molecule has 0 bridgehead atoms. The number of aromatic nitrogens is 3. The molecule has 3 aliphatic carbocycles. The van der Waals surface area contributed by atoms with Crippen molar-refractivity contribution in [3.63, 3.8) is 0 Å². The van der Waals surface area contributed by atoms with Crippen LogP contribution in [0, 0.1) is 11.8 Å². The Bertz CT molecular complexity index is 1860. The Morgan fingerprint density at radius 1 is 0.619 bits per heavy atom. The first-order valence-electron chi connectivity index (χ1n) is 14.9. The number of hydrogen-bond acceptors (Lipinski definition) is 3. The van der Waals surface area contributed by atoms with E-state index in [9.17, 15) is 0 Å². The summed E-state index contributed by atoms with van der Waals surface area (Å²) in [5, 5.41) is 0. The molecule has 3 nitrogen and oxygen atoms in total. The molecule has 0 spiro atoms. The molecule has 3 aromatic heterocycles. The second-order valence-corrected chi connectivity index (χ2v) is 11.8. The van der Waals surface area contributed by atoms with E-state index in [-0.39, 0.29) is 0 Å². The minimum absolute atomic E-state index is 0.494. The van der Waals surface area contributed by atoms with Crippen molar-refractivity contribution in [2.24, 2.45) is 11.8 Å². The summed E-state index contributed by atoms with van der Waals surface area (Å²) in [5.74, 6) is 1.62. The van der Waals surface area contributed by atoms with Gasteiger partial charge in [-0.05, 0) is 99.2 Å². The van der Waals surface area contributed by atoms with Gasteiger partial charge in [0.15, 0.2) is 0 Å². The first-order valence-corrected chi connectivity index (χ1v) is 14.9. The fourth-order valence-corrected chi connectivity index (χ4v) is 7.03. The predicted octanol–water partition coefficient (Wildman–Crippen LogP) is 9.65. The second-order valence-electron chi connectivity index (χ2n) is 11.8. The molecule has 42 heavy (non-hydrogen) atoms. The highest BCUT2D eigenvalue weighted by molar-refractivity contribution is 5.93. The van der Waals surface area contributed by atoms with E-state index in [0.717, 1.165) is 33.9 Å². The lowest BCUT2D eigenvalue weighted by Gasteiger charge is -2.29. The molecular formula is C39H31N3. The number of fused-ring (bicyclic) bond motifs is 2. The molecule has 5 aromatic rings. The Balaban J connectivity index is 1.20. The third-order valence-corrected chi connectivity index (χ3v) is 9.04. The van der Waals surface area contributed by atoms with E-state index in [2.05, 4.69) is 96.7 Å². The van der Waals surface area contributed by atoms with Crippen molar-refractivity contribution in [1.29, 1.82) is 0 Å². The van der Waals surface area contributed by atoms with E-state index < -0.39 is 0 Å². The van der Waals surface area contributed by atoms with Crippen LogP contribution in [0.5, 0.6) is 0 Å². The van der Waals surface area contributed by atoms with Gasteiger partial charge in [0.1, 0.15) is 0 Å². The van der Waals surface area contributed by atoms with E-state index in [1.807, 2.05) is 48.8 Å². The minimum atomic E-state index is 0.494. The average molecular weight is 542 g/mol. The number of benzene rings is 2. The zero-order valence-electron chi connectivity index (χ0n) is 23.8. The molecule has 0 amide bonds. The van der Waals surface area contributed by atoms with Gasteiger partial charge < -0.3 is 0 Å². The molecule has 3 aliphatic rings. The lowest BCUT2D eigenvalue weighted by atomic mass is 9.74. The third kappa shape index (κ3) is 4.08. The number of rotatable bonds is 4. The Morgan fingerprint density at radius 3 is 1.95 bits per heavy atom. The van der Waals surface area contributed by atoms with Crippen molar-refractivity contribution >= 4 is 11.6 Å². The van der Waals surface area contributed by atoms with Gasteiger partial charge in [-0.25, -0.2) is 4.98 Å². The van der Waals surface area contributed by atoms with E-state index >= 15 is 0 Å². The van der Waals surface area contributed by atoms with Crippen LogP contribution < -0.4 is 0 Å². The molecule has 8 rings (SSSR count). The van der Waals surface area contributed by atoms with Crippen LogP contribution in [0.15, 0.2) is 121 Å². The van der Waals surface area contributed by atoms with Crippen LogP contribution in [0.1, 0.15) is 42.9 Å². The molecule has 202 valence electrons. The molecule has 0 aliphatic heterocycles. The van der Waals surface area contributed by atoms with Gasteiger partial charge in [-0.1, -0.05) is 92.3 Å². The monoisotopic (exact) mass is 541 g/mol. The fourth-order valence-electron chi connectivity index (χ4n) is 7.03. The van der Waals surface area contributed by atoms with Gasteiger partial charge in [-0.2, -0.15) is 0 Å². The molecule has 3 heterocycles. The van der Waals surface area contributed by atoms with Crippen LogP contribution >= 0.6 is 0 Å². The van der Waals surface area contributed by atoms with Gasteiger partial charge in [0.05, 0.1) is 22.8 Å². The van der Waals surface area contributed by atoms with Gasteiger partial charge in [-0.3, -0.25) is 9.97 Å². The maximum absolute atomic E-state index is 4.93. The summed E-state index contributed by atoms with van der Waals surface area (Å²) >= 11 is 0. The first-order chi connectivity index (χ1) is 20.6. The number of allylic oxidation sites excluding steroid dienone is 5. The van der Waals surface area contributed by atoms with Crippen LogP contribution in [0.4, 0.5) is 0 Å². The van der Waals surface area contributed by atoms with Gasteiger partial charge in [0.25, 0.3) is 0 Å². The highest BCUT2D eigenvalue weighted by atomic mass is 14.8. The summed E-state index contributed by atoms with van der Waals surface area (Å²) in [6.07, 6.45) is 14.3. The van der Waals surface area contributed by atoms with Crippen molar-refractivity contribution in [2.75, 3.05) is 0 Å². The topological polar surface area (TPSA) is 38.7 Å². The number of hydrogen-bond donors (Lipinski definition) is 0. The largest absolute Gasteiger partial charge is 0.255 e. The smallest absolute Gasteiger partial charge is 0.0900 e. The predicted molar refractivity (Wildman–Crippen MR) is 172 cm³/mol. The molecular weight excluding hydrogens is 510 g/mol. The standard InChI is InChI=1S/C39H31N3/c1-24-9-15-30-32-18-17-29(31-16-10-25(2)38(39(31)32)33(30)21-24)27-13-11-26(12-14-27)28-22-36(34-7-3-5-19-40-34)42-37(23-28)35-8-4-6-20-41-35/h3-20,22-25,38H,21H2,1-2H3/t24?,25?,38-/m0/s1. The maximum atomic E-state index is 4.93. The Kier molecular flexibility index (Phi) is 5.85. The van der Waals surface area contributed by atoms with Gasteiger partial charge in [0.2, 0.25) is 0 Å². The molecule has 2 unspecified atom stereocenters. The molecule has 3 heteroatoms. The normalized spacial score (nSPS) is 20.0. The molecule has 0 N–H and O–H groups in total. The van der Waals surface area contributed by atoms with Crippen molar-refractivity contribution in [2.45, 2.75) is 26.2 Å². The van der Waals surface area contributed by atoms with E-state index in [1.165, 1.54) is 39.8 Å². The summed E-state index contributed by atoms with van der Waals surface area (Å²) in [5.41, 5.74) is 15.6. The van der Waals surface area contributed by atoms with Crippen LogP contribution in [-0.2, 0) is 0 Å². The average Bonchev–Trinajstić information content (AvgIpc) is 3.38. The van der Waals surface area contributed by atoms with Crippen molar-refractivity contribution in [3.8, 4) is 45.0 Å². The fraction of sp³-hybridized carbons (Fsp3) is 0.154. The molecule has 0 radical (unpaired) electrons. The van der Waals surface area contributed by atoms with Gasteiger partial charge in [0, 0.05) is 18.3 Å². The Labute approximate surface area is 247 Å². The SMILES string of the molecule is CC1C=CC2=C(C1)[C@H]1c3c2ccc(-c2ccc(-c4cc(-c5ccccn5)nc(-c5ccccn5)c4)cc2)c3C=CC1C. The van der Waals surface area contributed by atoms with Crippen molar-refractivity contribution in [3.05, 3.63) is 138 Å². The number of pyridine rings is 3. The van der Waals surface area contributed by atoms with Gasteiger partial charge in [-0.15, -0.1) is 0 Å². The van der Waals surface area contributed by atoms with Crippen LogP contribution in [0.3, 0.4) is 0 Å². The summed E-state index contributed by atoms with van der Waals surface area (Å²) in [7, 11) is 0. The highest BCUT2D eigenvalue weighted by Gasteiger charge is 2.38. The first kappa shape index (κ1) is 24.9. The zero-order chi connectivity index (χ0) is 28.2. The highest BCUT2D eigenvalue weighted by Crippen LogP contribution is 2.55. The summed E-state index contributed by atoms with van der Waals surface area (Å²) in [6, 6.07) is 29.8. The van der Waals surface area contributed by atoms with E-state index in [0.29, 0.717) is 17.8 Å². The molecule has 0 saturated carbocycles. The lowest BCUT2D eigenvalue weighted by molar-refractivity contribution is 0.569. The Morgan fingerprint density at radius 2 is 1.29 bits per heavy atom. The Hall–Kier alpha value is -4.89. The van der Waals surface area contributed by atoms with E-state index in [4.69, 9.17) is 4.98 Å². The molecule has 3 atom stereocenters. The maximum Gasteiger partial charge on any atom is 0.0900 e. The second kappa shape index (κ2) is 9.88. The lowest BCUT2D eigenvalue weighted by Crippen LogP contribution is -2.15. The molecule has 2 aromatic carbocycles. The quantitative estimate of drug-likeness (QED) is 0.227. The summed E-state index contributed by atoms with van der Waals surface area (Å²) in [4.78, 5) is 14.1. The van der Waals surface area contributed by atoms with Crippen LogP contribution in [-0.4, -0.2) is 15.0 Å². The van der Waals surface area contributed by atoms with Gasteiger partial charge >= 0.3 is 0 Å². The number of nitrogens with zero attached hydrogens (tertiary/aromatic N) is 3. The van der Waals surface area contributed by atoms with Crippen molar-refractivity contribution < 1.29 is 0 Å². The van der Waals surface area contributed by atoms with Crippen molar-refractivity contribution in [1.82, 2.24) is 15.0 Å². The summed E-state index contributed by atoms with van der Waals surface area (Å²) in [6.45, 7) is 4.71. The van der Waals surface area contributed by atoms with Crippen LogP contribution in [0.2, 0.25) is 0 Å². The van der Waals surface area contributed by atoms with E-state index in [1.54, 1.807) is 5.57 Å². The zero-order valence-corrected chi connectivity index (χ0v) is 23.8. The third-order valence-electron chi connectivity index (χ3n) is 9.04. The molecule has 0 fully saturated rings. The molecule has 0 saturated heterocycles. The van der Waals surface area contributed by atoms with Crippen LogP contribution in [0.25, 0.3) is 56.7 Å². The minimum Gasteiger partial charge on any atom is -0.255 e. The summed E-state index contributed by atoms with van der Waals surface area (Å²) < 4.78 is 0.